The van der Waals surface area contributed by atoms with E-state index >= 15 is 0 Å². The van der Waals surface area contributed by atoms with E-state index in [4.69, 9.17) is 5.73 Å². The van der Waals surface area contributed by atoms with Gasteiger partial charge in [-0.05, 0) is 50.3 Å². The Morgan fingerprint density at radius 2 is 1.94 bits per heavy atom. The van der Waals surface area contributed by atoms with Crippen molar-refractivity contribution in [2.45, 2.75) is 64.8 Å². The maximum atomic E-state index is 6.29. The predicted molar refractivity (Wildman–Crippen MR) is 76.4 cm³/mol. The van der Waals surface area contributed by atoms with Crippen molar-refractivity contribution in [3.63, 3.8) is 0 Å². The molecule has 0 radical (unpaired) electrons. The minimum atomic E-state index is 0.116. The maximum absolute atomic E-state index is 6.29. The second-order valence-electron chi connectivity index (χ2n) is 5.90. The van der Waals surface area contributed by atoms with E-state index in [-0.39, 0.29) is 6.04 Å². The zero-order valence-electron chi connectivity index (χ0n) is 11.8. The molecule has 0 bridgehead atoms. The third-order valence-corrected chi connectivity index (χ3v) is 4.11. The third kappa shape index (κ3) is 3.81. The standard InChI is InChI=1S/C16H26N2/c1-12-10-13(2)18-16(11-12)15(17)9-8-14-6-4-3-5-7-14/h10-11,14-15H,3-9,17H2,1-2H3. The lowest BCUT2D eigenvalue weighted by molar-refractivity contribution is 0.323. The first-order valence-corrected chi connectivity index (χ1v) is 7.36. The van der Waals surface area contributed by atoms with Crippen LogP contribution in [0.3, 0.4) is 0 Å². The lowest BCUT2D eigenvalue weighted by atomic mass is 9.85. The minimum Gasteiger partial charge on any atom is -0.323 e. The molecule has 0 spiro atoms. The minimum absolute atomic E-state index is 0.116. The van der Waals surface area contributed by atoms with Crippen molar-refractivity contribution in [2.24, 2.45) is 11.7 Å². The van der Waals surface area contributed by atoms with Crippen molar-refractivity contribution in [1.29, 1.82) is 0 Å². The van der Waals surface area contributed by atoms with E-state index in [2.05, 4.69) is 24.0 Å². The van der Waals surface area contributed by atoms with Crippen LogP contribution < -0.4 is 5.73 Å². The van der Waals surface area contributed by atoms with Gasteiger partial charge < -0.3 is 5.73 Å². The van der Waals surface area contributed by atoms with E-state index in [1.807, 2.05) is 6.92 Å². The summed E-state index contributed by atoms with van der Waals surface area (Å²) in [6.45, 7) is 4.16. The molecule has 1 saturated carbocycles. The fourth-order valence-corrected chi connectivity index (χ4v) is 3.10. The average Bonchev–Trinajstić information content (AvgIpc) is 2.36. The maximum Gasteiger partial charge on any atom is 0.0576 e. The van der Waals surface area contributed by atoms with Crippen molar-refractivity contribution in [1.82, 2.24) is 4.98 Å². The molecule has 1 aromatic rings. The van der Waals surface area contributed by atoms with Gasteiger partial charge in [-0.2, -0.15) is 0 Å². The summed E-state index contributed by atoms with van der Waals surface area (Å²) in [5.74, 6) is 0.913. The van der Waals surface area contributed by atoms with E-state index in [0.717, 1.165) is 23.7 Å². The molecule has 2 rings (SSSR count). The summed E-state index contributed by atoms with van der Waals surface area (Å²) in [6, 6.07) is 4.36. The summed E-state index contributed by atoms with van der Waals surface area (Å²) in [5, 5.41) is 0. The monoisotopic (exact) mass is 246 g/mol. The molecule has 0 saturated heterocycles. The van der Waals surface area contributed by atoms with Crippen molar-refractivity contribution < 1.29 is 0 Å². The summed E-state index contributed by atoms with van der Waals surface area (Å²) >= 11 is 0. The van der Waals surface area contributed by atoms with Gasteiger partial charge in [0, 0.05) is 11.7 Å². The summed E-state index contributed by atoms with van der Waals surface area (Å²) in [7, 11) is 0. The van der Waals surface area contributed by atoms with Crippen LogP contribution in [0, 0.1) is 19.8 Å². The molecule has 0 amide bonds. The van der Waals surface area contributed by atoms with Crippen LogP contribution in [-0.4, -0.2) is 4.98 Å². The molecule has 0 aliphatic heterocycles. The number of nitrogens with two attached hydrogens (primary N) is 1. The van der Waals surface area contributed by atoms with Crippen LogP contribution in [0.15, 0.2) is 12.1 Å². The van der Waals surface area contributed by atoms with Gasteiger partial charge in [-0.15, -0.1) is 0 Å². The molecule has 1 aromatic heterocycles. The molecule has 0 aromatic carbocycles. The Balaban J connectivity index is 1.88. The highest BCUT2D eigenvalue weighted by atomic mass is 14.8. The summed E-state index contributed by atoms with van der Waals surface area (Å²) in [6.07, 6.45) is 9.45. The average molecular weight is 246 g/mol. The van der Waals surface area contributed by atoms with E-state index in [1.54, 1.807) is 0 Å². The molecule has 1 aliphatic rings. The van der Waals surface area contributed by atoms with Crippen LogP contribution >= 0.6 is 0 Å². The van der Waals surface area contributed by atoms with E-state index < -0.39 is 0 Å². The third-order valence-electron chi connectivity index (χ3n) is 4.11. The lowest BCUT2D eigenvalue weighted by Crippen LogP contribution is -2.15. The number of rotatable bonds is 4. The molecule has 1 heterocycles. The Morgan fingerprint density at radius 1 is 1.22 bits per heavy atom. The number of hydrogen-bond donors (Lipinski definition) is 1. The fraction of sp³-hybridized carbons (Fsp3) is 0.688. The molecular weight excluding hydrogens is 220 g/mol. The normalized spacial score (nSPS) is 18.8. The first kappa shape index (κ1) is 13.5. The largest absolute Gasteiger partial charge is 0.323 e. The summed E-state index contributed by atoms with van der Waals surface area (Å²) in [4.78, 5) is 4.57. The Bertz CT molecular complexity index is 360. The zero-order valence-corrected chi connectivity index (χ0v) is 11.8. The quantitative estimate of drug-likeness (QED) is 0.870. The molecule has 18 heavy (non-hydrogen) atoms. The molecule has 100 valence electrons. The predicted octanol–water partition coefficient (Wildman–Crippen LogP) is 4.06. The Hall–Kier alpha value is -0.890. The highest BCUT2D eigenvalue weighted by molar-refractivity contribution is 5.21. The molecular formula is C16H26N2. The number of aromatic nitrogens is 1. The van der Waals surface area contributed by atoms with Crippen molar-refractivity contribution >= 4 is 0 Å². The molecule has 1 unspecified atom stereocenters. The highest BCUT2D eigenvalue weighted by Crippen LogP contribution is 2.29. The first-order chi connectivity index (χ1) is 8.65. The second kappa shape index (κ2) is 6.33. The van der Waals surface area contributed by atoms with Crippen LogP contribution in [0.4, 0.5) is 0 Å². The van der Waals surface area contributed by atoms with Crippen molar-refractivity contribution in [2.75, 3.05) is 0 Å². The Morgan fingerprint density at radius 3 is 2.61 bits per heavy atom. The van der Waals surface area contributed by atoms with Gasteiger partial charge in [0.2, 0.25) is 0 Å². The smallest absolute Gasteiger partial charge is 0.0576 e. The van der Waals surface area contributed by atoms with Gasteiger partial charge >= 0.3 is 0 Å². The topological polar surface area (TPSA) is 38.9 Å². The first-order valence-electron chi connectivity index (χ1n) is 7.36. The number of aryl methyl sites for hydroxylation is 2. The van der Waals surface area contributed by atoms with E-state index in [0.29, 0.717) is 0 Å². The van der Waals surface area contributed by atoms with Crippen molar-refractivity contribution in [3.8, 4) is 0 Å². The number of pyridine rings is 1. The van der Waals surface area contributed by atoms with Crippen LogP contribution in [0.5, 0.6) is 0 Å². The van der Waals surface area contributed by atoms with Gasteiger partial charge in [-0.25, -0.2) is 0 Å². The van der Waals surface area contributed by atoms with Crippen LogP contribution in [0.25, 0.3) is 0 Å². The van der Waals surface area contributed by atoms with Crippen molar-refractivity contribution in [3.05, 3.63) is 29.1 Å². The molecule has 2 heteroatoms. The zero-order chi connectivity index (χ0) is 13.0. The van der Waals surface area contributed by atoms with Gasteiger partial charge in [0.1, 0.15) is 0 Å². The fourth-order valence-electron chi connectivity index (χ4n) is 3.10. The van der Waals surface area contributed by atoms with Crippen LogP contribution in [0.1, 0.15) is 67.9 Å². The van der Waals surface area contributed by atoms with Gasteiger partial charge in [0.05, 0.1) is 5.69 Å². The molecule has 1 atom stereocenters. The van der Waals surface area contributed by atoms with E-state index in [9.17, 15) is 0 Å². The van der Waals surface area contributed by atoms with Gasteiger partial charge in [-0.1, -0.05) is 32.1 Å². The summed E-state index contributed by atoms with van der Waals surface area (Å²) in [5.41, 5.74) is 9.71. The second-order valence-corrected chi connectivity index (χ2v) is 5.90. The lowest BCUT2D eigenvalue weighted by Gasteiger charge is -2.23. The van der Waals surface area contributed by atoms with Gasteiger partial charge in [-0.3, -0.25) is 4.98 Å². The number of nitrogens with zero attached hydrogens (tertiary/aromatic N) is 1. The Kier molecular flexibility index (Phi) is 4.76. The summed E-state index contributed by atoms with van der Waals surface area (Å²) < 4.78 is 0. The molecule has 1 aliphatic carbocycles. The van der Waals surface area contributed by atoms with Crippen LogP contribution in [-0.2, 0) is 0 Å². The SMILES string of the molecule is Cc1cc(C)nc(C(N)CCC2CCCCC2)c1. The Labute approximate surface area is 111 Å². The van der Waals surface area contributed by atoms with Gasteiger partial charge in [0.25, 0.3) is 0 Å². The molecule has 2 N–H and O–H groups in total. The van der Waals surface area contributed by atoms with Gasteiger partial charge in [0.15, 0.2) is 0 Å². The molecule has 2 nitrogen and oxygen atoms in total. The van der Waals surface area contributed by atoms with Crippen LogP contribution in [0.2, 0.25) is 0 Å². The highest BCUT2D eigenvalue weighted by Gasteiger charge is 2.16. The van der Waals surface area contributed by atoms with E-state index in [1.165, 1.54) is 44.1 Å². The number of hydrogen-bond acceptors (Lipinski definition) is 2. The molecule has 1 fully saturated rings.